The van der Waals surface area contributed by atoms with Crippen molar-refractivity contribution >= 4 is 50.9 Å². The summed E-state index contributed by atoms with van der Waals surface area (Å²) in [5.74, 6) is -0.382. The monoisotopic (exact) mass is 575 g/mol. The zero-order valence-electron chi connectivity index (χ0n) is 18.4. The van der Waals surface area contributed by atoms with Gasteiger partial charge < -0.3 is 9.05 Å². The quantitative estimate of drug-likeness (QED) is 0.388. The van der Waals surface area contributed by atoms with E-state index in [1.165, 1.54) is 42.5 Å². The van der Waals surface area contributed by atoms with E-state index < -0.39 is 35.1 Å². The predicted octanol–water partition coefficient (Wildman–Crippen LogP) is 5.99. The Bertz CT molecular complexity index is 1230. The van der Waals surface area contributed by atoms with Gasteiger partial charge >= 0.3 is 7.60 Å². The molecule has 1 aliphatic carbocycles. The lowest BCUT2D eigenvalue weighted by atomic mass is 9.92. The van der Waals surface area contributed by atoms with E-state index in [1.54, 1.807) is 39.8 Å². The van der Waals surface area contributed by atoms with E-state index in [0.29, 0.717) is 5.02 Å². The normalized spacial score (nSPS) is 19.0. The van der Waals surface area contributed by atoms with E-state index in [1.807, 2.05) is 0 Å². The van der Waals surface area contributed by atoms with Gasteiger partial charge in [-0.3, -0.25) is 9.36 Å². The largest absolute Gasteiger partial charge is 0.360 e. The molecule has 0 fully saturated rings. The van der Waals surface area contributed by atoms with Gasteiger partial charge in [0.05, 0.1) is 21.6 Å². The number of rotatable bonds is 8. The van der Waals surface area contributed by atoms with E-state index in [-0.39, 0.29) is 26.3 Å². The number of hydrogen-bond donors (Lipinski definition) is 1. The third-order valence-electron chi connectivity index (χ3n) is 4.68. The lowest BCUT2D eigenvalue weighted by Gasteiger charge is -2.41. The van der Waals surface area contributed by atoms with Crippen molar-refractivity contribution in [1.82, 2.24) is 4.72 Å². The first-order chi connectivity index (χ1) is 15.3. The summed E-state index contributed by atoms with van der Waals surface area (Å²) in [6.45, 7) is 6.65. The van der Waals surface area contributed by atoms with Crippen LogP contribution >= 0.6 is 35.1 Å². The van der Waals surface area contributed by atoms with Crippen LogP contribution in [-0.4, -0.2) is 26.4 Å². The number of fused-ring (bicyclic) bond motifs is 1. The molecule has 3 rings (SSSR count). The molecule has 1 atom stereocenters. The molecule has 0 saturated carbocycles. The van der Waals surface area contributed by atoms with Gasteiger partial charge in [0.1, 0.15) is 0 Å². The minimum Gasteiger partial charge on any atom is -0.304 e. The highest BCUT2D eigenvalue weighted by Gasteiger charge is 2.58. The van der Waals surface area contributed by atoms with Gasteiger partial charge in [-0.15, -0.1) is 0 Å². The summed E-state index contributed by atoms with van der Waals surface area (Å²) in [6.07, 6.45) is 0.100. The van der Waals surface area contributed by atoms with Crippen LogP contribution in [0.15, 0.2) is 64.0 Å². The third kappa shape index (κ3) is 5.20. The second kappa shape index (κ2) is 9.74. The molecule has 33 heavy (non-hydrogen) atoms. The number of nitrogens with one attached hydrogen (secondary N) is 1. The molecule has 0 aromatic heterocycles. The number of allylic oxidation sites excluding steroid dienone is 1. The summed E-state index contributed by atoms with van der Waals surface area (Å²) in [5.41, 5.74) is 0.339. The van der Waals surface area contributed by atoms with E-state index >= 15 is 0 Å². The van der Waals surface area contributed by atoms with Gasteiger partial charge in [-0.1, -0.05) is 35.9 Å². The van der Waals surface area contributed by atoms with Crippen LogP contribution in [-0.2, 0) is 28.9 Å². The van der Waals surface area contributed by atoms with Gasteiger partial charge in [-0.2, -0.15) is 4.72 Å². The molecule has 0 saturated heterocycles. The summed E-state index contributed by atoms with van der Waals surface area (Å²) in [5, 5.41) is -1.67. The molecule has 0 radical (unpaired) electrons. The molecule has 0 aliphatic heterocycles. The summed E-state index contributed by atoms with van der Waals surface area (Å²) in [6, 6.07) is 11.9. The molecule has 1 aliphatic rings. The SMILES string of the molecule is CC(C)OP(=O)(OC(C)C)[C@@]1(NS(=O)(=O)c2ccc(Cl)cc2)C=C(Br)C(=O)c2ccccc21. The molecule has 0 unspecified atom stereocenters. The fourth-order valence-electron chi connectivity index (χ4n) is 3.46. The number of Topliss-reactive ketones (excluding diaryl/α,β-unsaturated/α-hetero) is 1. The second-order valence-corrected chi connectivity index (χ2v) is 13.1. The molecular weight excluding hydrogens is 553 g/mol. The minimum atomic E-state index is -4.34. The summed E-state index contributed by atoms with van der Waals surface area (Å²) in [4.78, 5) is 12.8. The van der Waals surface area contributed by atoms with Crippen molar-refractivity contribution in [3.8, 4) is 0 Å². The van der Waals surface area contributed by atoms with Crippen molar-refractivity contribution in [1.29, 1.82) is 0 Å². The lowest BCUT2D eigenvalue weighted by Crippen LogP contribution is -2.48. The molecule has 2 aromatic rings. The Labute approximate surface area is 207 Å². The molecular formula is C22H24BrClNO6PS. The first-order valence-electron chi connectivity index (χ1n) is 10.1. The number of halogens is 2. The van der Waals surface area contributed by atoms with Crippen molar-refractivity contribution in [2.75, 3.05) is 0 Å². The van der Waals surface area contributed by atoms with Crippen LogP contribution in [0.1, 0.15) is 43.6 Å². The Morgan fingerprint density at radius 2 is 1.55 bits per heavy atom. The molecule has 0 bridgehead atoms. The average molecular weight is 577 g/mol. The number of carbonyl (C=O) groups is 1. The van der Waals surface area contributed by atoms with Crippen molar-refractivity contribution in [3.05, 3.63) is 75.2 Å². The Hall–Kier alpha value is -1.32. The van der Waals surface area contributed by atoms with Gasteiger partial charge in [0.15, 0.2) is 11.1 Å². The highest BCUT2D eigenvalue weighted by Crippen LogP contribution is 2.67. The topological polar surface area (TPSA) is 98.8 Å². The van der Waals surface area contributed by atoms with Crippen molar-refractivity contribution < 1.29 is 26.8 Å². The lowest BCUT2D eigenvalue weighted by molar-refractivity contribution is 0.103. The molecule has 0 amide bonds. The molecule has 2 aromatic carbocycles. The highest BCUT2D eigenvalue weighted by atomic mass is 79.9. The Balaban J connectivity index is 2.35. The number of hydrogen-bond acceptors (Lipinski definition) is 6. The molecule has 178 valence electrons. The van der Waals surface area contributed by atoms with Gasteiger partial charge in [-0.05, 0) is 74.0 Å². The summed E-state index contributed by atoms with van der Waals surface area (Å²) >= 11 is 9.14. The summed E-state index contributed by atoms with van der Waals surface area (Å²) < 4.78 is 55.8. The number of sulfonamides is 1. The maximum absolute atomic E-state index is 14.5. The zero-order chi connectivity index (χ0) is 24.6. The van der Waals surface area contributed by atoms with Crippen molar-refractivity contribution in [2.24, 2.45) is 0 Å². The fourth-order valence-corrected chi connectivity index (χ4v) is 8.59. The van der Waals surface area contributed by atoms with Crippen LogP contribution in [0.4, 0.5) is 0 Å². The molecule has 0 spiro atoms. The smallest absolute Gasteiger partial charge is 0.304 e. The van der Waals surface area contributed by atoms with E-state index in [9.17, 15) is 17.8 Å². The van der Waals surface area contributed by atoms with E-state index in [4.69, 9.17) is 20.6 Å². The Morgan fingerprint density at radius 3 is 2.09 bits per heavy atom. The van der Waals surface area contributed by atoms with Crippen LogP contribution in [0.5, 0.6) is 0 Å². The Morgan fingerprint density at radius 1 is 1.00 bits per heavy atom. The number of ketones is 1. The zero-order valence-corrected chi connectivity index (χ0v) is 22.5. The summed E-state index contributed by atoms with van der Waals surface area (Å²) in [7, 11) is -8.63. The number of benzene rings is 2. The maximum Gasteiger partial charge on any atom is 0.360 e. The fraction of sp³-hybridized carbons (Fsp3) is 0.318. The molecule has 11 heteroatoms. The number of carbonyl (C=O) groups excluding carboxylic acids is 1. The molecule has 0 heterocycles. The minimum absolute atomic E-state index is 0.0277. The van der Waals surface area contributed by atoms with Crippen LogP contribution in [0.2, 0.25) is 5.02 Å². The van der Waals surface area contributed by atoms with E-state index in [2.05, 4.69) is 20.7 Å². The maximum atomic E-state index is 14.5. The van der Waals surface area contributed by atoms with Gasteiger partial charge in [-0.25, -0.2) is 8.42 Å². The van der Waals surface area contributed by atoms with Crippen LogP contribution in [0.3, 0.4) is 0 Å². The van der Waals surface area contributed by atoms with Crippen molar-refractivity contribution in [3.63, 3.8) is 0 Å². The first-order valence-corrected chi connectivity index (χ1v) is 14.3. The van der Waals surface area contributed by atoms with Crippen LogP contribution in [0.25, 0.3) is 0 Å². The first kappa shape index (κ1) is 26.3. The molecule has 1 N–H and O–H groups in total. The van der Waals surface area contributed by atoms with Gasteiger partial charge in [0.2, 0.25) is 10.0 Å². The van der Waals surface area contributed by atoms with Crippen molar-refractivity contribution in [2.45, 2.75) is 50.1 Å². The highest BCUT2D eigenvalue weighted by molar-refractivity contribution is 9.12. The predicted molar refractivity (Wildman–Crippen MR) is 131 cm³/mol. The van der Waals surface area contributed by atoms with Gasteiger partial charge in [0.25, 0.3) is 0 Å². The second-order valence-electron chi connectivity index (χ2n) is 8.00. The Kier molecular flexibility index (Phi) is 7.76. The van der Waals surface area contributed by atoms with Gasteiger partial charge in [0, 0.05) is 16.1 Å². The standard InChI is InChI=1S/C22H24BrClNO6PS/c1-14(2)30-32(27,31-15(3)4)22(25-33(28,29)17-11-9-16(24)10-12-17)13-20(23)21(26)18-7-5-6-8-19(18)22/h5-15,25H,1-4H3/t22-/m0/s1. The van der Waals surface area contributed by atoms with Crippen LogP contribution in [0, 0.1) is 0 Å². The van der Waals surface area contributed by atoms with E-state index in [0.717, 1.165) is 0 Å². The molecule has 7 nitrogen and oxygen atoms in total. The average Bonchev–Trinajstić information content (AvgIpc) is 2.70. The van der Waals surface area contributed by atoms with Crippen LogP contribution < -0.4 is 4.72 Å². The third-order valence-corrected chi connectivity index (χ3v) is 9.90.